The highest BCUT2D eigenvalue weighted by Gasteiger charge is 2.24. The molecule has 1 atom stereocenters. The van der Waals surface area contributed by atoms with Gasteiger partial charge in [-0.1, -0.05) is 26.0 Å². The number of likely N-dealkylation sites (tertiary alicyclic amines) is 1. The zero-order valence-corrected chi connectivity index (χ0v) is 10.9. The third-order valence-electron chi connectivity index (χ3n) is 3.21. The van der Waals surface area contributed by atoms with E-state index in [1.807, 2.05) is 0 Å². The Kier molecular flexibility index (Phi) is 6.37. The van der Waals surface area contributed by atoms with Crippen molar-refractivity contribution in [2.24, 2.45) is 0 Å². The van der Waals surface area contributed by atoms with Crippen molar-refractivity contribution in [1.29, 1.82) is 0 Å². The van der Waals surface area contributed by atoms with Gasteiger partial charge in [0.1, 0.15) is 0 Å². The van der Waals surface area contributed by atoms with E-state index < -0.39 is 0 Å². The van der Waals surface area contributed by atoms with Crippen LogP contribution in [0.4, 0.5) is 0 Å². The average molecular weight is 228 g/mol. The first-order valence-electron chi connectivity index (χ1n) is 6.04. The monoisotopic (exact) mass is 228 g/mol. The van der Waals surface area contributed by atoms with Gasteiger partial charge in [0.15, 0.2) is 0 Å². The maximum atomic E-state index is 4.16. The van der Waals surface area contributed by atoms with E-state index in [0.29, 0.717) is 0 Å². The van der Waals surface area contributed by atoms with E-state index in [9.17, 15) is 0 Å². The van der Waals surface area contributed by atoms with Crippen LogP contribution >= 0.6 is 12.6 Å². The van der Waals surface area contributed by atoms with Gasteiger partial charge in [0.05, 0.1) is 0 Å². The minimum absolute atomic E-state index is 0.782. The zero-order valence-electron chi connectivity index (χ0n) is 10.0. The van der Waals surface area contributed by atoms with Gasteiger partial charge in [-0.05, 0) is 19.5 Å². The fraction of sp³-hybridized carbons (Fsp3) is 0.833. The predicted molar refractivity (Wildman–Crippen MR) is 70.8 cm³/mol. The van der Waals surface area contributed by atoms with E-state index in [4.69, 9.17) is 0 Å². The number of hydrogen-bond donors (Lipinski definition) is 1. The lowest BCUT2D eigenvalue weighted by molar-refractivity contribution is 0.215. The number of thiol groups is 1. The molecule has 0 N–H and O–H groups in total. The molecule has 2 nitrogen and oxygen atoms in total. The van der Waals surface area contributed by atoms with Gasteiger partial charge in [-0.3, -0.25) is 9.80 Å². The summed E-state index contributed by atoms with van der Waals surface area (Å²) in [5.41, 5.74) is 0. The molecule has 0 aliphatic carbocycles. The topological polar surface area (TPSA) is 6.48 Å². The number of hydrogen-bond acceptors (Lipinski definition) is 3. The van der Waals surface area contributed by atoms with Gasteiger partial charge in [-0.2, -0.15) is 12.6 Å². The molecule has 0 saturated carbocycles. The van der Waals surface area contributed by atoms with E-state index in [1.54, 1.807) is 0 Å². The molecule has 0 aromatic rings. The molecule has 0 bridgehead atoms. The molecule has 0 spiro atoms. The second-order valence-electron chi connectivity index (χ2n) is 4.08. The van der Waals surface area contributed by atoms with Crippen molar-refractivity contribution in [1.82, 2.24) is 9.80 Å². The fourth-order valence-corrected chi connectivity index (χ4v) is 2.46. The lowest BCUT2D eigenvalue weighted by atomic mass is 10.2. The van der Waals surface area contributed by atoms with Crippen LogP contribution in [0.3, 0.4) is 0 Å². The first-order chi connectivity index (χ1) is 7.31. The molecular formula is C12H24N2S. The summed E-state index contributed by atoms with van der Waals surface area (Å²) in [4.78, 5) is 5.10. The number of likely N-dealkylation sites (N-methyl/N-ethyl adjacent to an activating group) is 1. The molecule has 1 fully saturated rings. The molecule has 1 aliphatic heterocycles. The molecular weight excluding hydrogens is 204 g/mol. The Morgan fingerprint density at radius 1 is 1.33 bits per heavy atom. The number of nitrogens with zero attached hydrogens (tertiary/aromatic N) is 2. The quantitative estimate of drug-likeness (QED) is 0.548. The van der Waals surface area contributed by atoms with E-state index in [2.05, 4.69) is 48.4 Å². The van der Waals surface area contributed by atoms with Gasteiger partial charge in [-0.15, -0.1) is 0 Å². The molecule has 0 amide bonds. The summed E-state index contributed by atoms with van der Waals surface area (Å²) in [7, 11) is 0. The molecule has 3 heteroatoms. The summed E-state index contributed by atoms with van der Waals surface area (Å²) in [6.07, 6.45) is 5.70. The molecule has 1 aliphatic rings. The van der Waals surface area contributed by atoms with Crippen molar-refractivity contribution < 1.29 is 0 Å². The summed E-state index contributed by atoms with van der Waals surface area (Å²) in [6.45, 7) is 10.5. The summed E-state index contributed by atoms with van der Waals surface area (Å²) < 4.78 is 0. The van der Waals surface area contributed by atoms with Crippen LogP contribution < -0.4 is 0 Å². The van der Waals surface area contributed by atoms with E-state index in [-0.39, 0.29) is 0 Å². The Balaban J connectivity index is 2.28. The minimum atomic E-state index is 0.782. The molecule has 0 radical (unpaired) electrons. The van der Waals surface area contributed by atoms with Crippen LogP contribution in [-0.2, 0) is 0 Å². The van der Waals surface area contributed by atoms with Crippen LogP contribution in [0.2, 0.25) is 0 Å². The van der Waals surface area contributed by atoms with Crippen molar-refractivity contribution in [2.45, 2.75) is 26.3 Å². The largest absolute Gasteiger partial charge is 0.300 e. The highest BCUT2D eigenvalue weighted by atomic mass is 32.1. The van der Waals surface area contributed by atoms with Crippen LogP contribution in [0.5, 0.6) is 0 Å². The zero-order chi connectivity index (χ0) is 11.1. The van der Waals surface area contributed by atoms with Crippen LogP contribution in [0.1, 0.15) is 20.3 Å². The van der Waals surface area contributed by atoms with E-state index in [0.717, 1.165) is 18.3 Å². The van der Waals surface area contributed by atoms with Gasteiger partial charge in [0.25, 0.3) is 0 Å². The van der Waals surface area contributed by atoms with Crippen LogP contribution in [-0.4, -0.2) is 54.3 Å². The highest BCUT2D eigenvalue weighted by Crippen LogP contribution is 2.14. The van der Waals surface area contributed by atoms with Gasteiger partial charge in [0.2, 0.25) is 0 Å². The van der Waals surface area contributed by atoms with Crippen molar-refractivity contribution in [2.75, 3.05) is 38.5 Å². The van der Waals surface area contributed by atoms with E-state index in [1.165, 1.54) is 32.6 Å². The molecule has 1 saturated heterocycles. The van der Waals surface area contributed by atoms with Gasteiger partial charge >= 0.3 is 0 Å². The predicted octanol–water partition coefficient (Wildman–Crippen LogP) is 1.89. The molecule has 15 heavy (non-hydrogen) atoms. The third kappa shape index (κ3) is 4.17. The average Bonchev–Trinajstić information content (AvgIpc) is 2.69. The van der Waals surface area contributed by atoms with Crippen LogP contribution in [0.15, 0.2) is 12.2 Å². The lowest BCUT2D eigenvalue weighted by Gasteiger charge is -2.25. The summed E-state index contributed by atoms with van der Waals surface area (Å²) in [5, 5.41) is 0. The van der Waals surface area contributed by atoms with Crippen molar-refractivity contribution in [3.63, 3.8) is 0 Å². The summed E-state index contributed by atoms with van der Waals surface area (Å²) >= 11 is 4.16. The van der Waals surface area contributed by atoms with Crippen molar-refractivity contribution >= 4 is 12.6 Å². The first-order valence-corrected chi connectivity index (χ1v) is 6.67. The SMILES string of the molecule is CCN(CC)C1CCN(CC=CCS)C1. The fourth-order valence-electron chi connectivity index (χ4n) is 2.31. The molecule has 88 valence electrons. The molecule has 0 aromatic carbocycles. The summed E-state index contributed by atoms with van der Waals surface area (Å²) in [6, 6.07) is 0.782. The van der Waals surface area contributed by atoms with Crippen molar-refractivity contribution in [3.05, 3.63) is 12.2 Å². The minimum Gasteiger partial charge on any atom is -0.300 e. The third-order valence-corrected chi connectivity index (χ3v) is 3.42. The Morgan fingerprint density at radius 2 is 2.07 bits per heavy atom. The second kappa shape index (κ2) is 7.31. The van der Waals surface area contributed by atoms with Crippen molar-refractivity contribution in [3.8, 4) is 0 Å². The molecule has 1 rings (SSSR count). The maximum Gasteiger partial charge on any atom is 0.0235 e. The van der Waals surface area contributed by atoms with Crippen LogP contribution in [0, 0.1) is 0 Å². The Morgan fingerprint density at radius 3 is 2.67 bits per heavy atom. The van der Waals surface area contributed by atoms with Gasteiger partial charge in [-0.25, -0.2) is 0 Å². The Bertz CT molecular complexity index is 190. The Hall–Kier alpha value is 0.01000. The maximum absolute atomic E-state index is 4.16. The molecule has 1 unspecified atom stereocenters. The first kappa shape index (κ1) is 13.1. The highest BCUT2D eigenvalue weighted by molar-refractivity contribution is 7.80. The standard InChI is InChI=1S/C12H24N2S/c1-3-14(4-2)12-7-9-13(11-12)8-5-6-10-15/h5-6,12,15H,3-4,7-11H2,1-2H3. The molecule has 0 aromatic heterocycles. The summed E-state index contributed by atoms with van der Waals surface area (Å²) in [5.74, 6) is 0.854. The lowest BCUT2D eigenvalue weighted by Crippen LogP contribution is -2.37. The van der Waals surface area contributed by atoms with Crippen LogP contribution in [0.25, 0.3) is 0 Å². The van der Waals surface area contributed by atoms with Gasteiger partial charge in [0, 0.05) is 31.4 Å². The number of rotatable bonds is 6. The smallest absolute Gasteiger partial charge is 0.0235 e. The van der Waals surface area contributed by atoms with E-state index >= 15 is 0 Å². The normalized spacial score (nSPS) is 23.3. The second-order valence-corrected chi connectivity index (χ2v) is 4.44. The van der Waals surface area contributed by atoms with Gasteiger partial charge < -0.3 is 0 Å². The molecule has 1 heterocycles. The Labute approximate surface area is 99.7 Å².